The normalized spacial score (nSPS) is 9.91. The van der Waals surface area contributed by atoms with E-state index < -0.39 is 0 Å². The van der Waals surface area contributed by atoms with Crippen LogP contribution in [0.4, 0.5) is 5.69 Å². The van der Waals surface area contributed by atoms with E-state index in [2.05, 4.69) is 24.1 Å². The van der Waals surface area contributed by atoms with Gasteiger partial charge in [0.05, 0.1) is 5.69 Å². The minimum Gasteiger partial charge on any atom is -0.487 e. The number of para-hydroxylation sites is 2. The maximum absolute atomic E-state index is 11.7. The second-order valence-corrected chi connectivity index (χ2v) is 5.61. The number of ether oxygens (including phenoxy) is 1. The van der Waals surface area contributed by atoms with E-state index in [9.17, 15) is 4.79 Å². The summed E-state index contributed by atoms with van der Waals surface area (Å²) in [5, 5.41) is 5.97. The number of carbonyl (C=O) groups excluding carboxylic acids is 1. The molecule has 0 atom stereocenters. The van der Waals surface area contributed by atoms with Gasteiger partial charge in [-0.2, -0.15) is 0 Å². The van der Waals surface area contributed by atoms with Crippen molar-refractivity contribution in [3.05, 3.63) is 36.4 Å². The summed E-state index contributed by atoms with van der Waals surface area (Å²) in [6.07, 6.45) is 3.50. The summed E-state index contributed by atoms with van der Waals surface area (Å²) in [5.41, 5.74) is 1.66. The Hall–Kier alpha value is -1.88. The van der Waals surface area contributed by atoms with Crippen molar-refractivity contribution in [2.75, 3.05) is 11.9 Å². The molecule has 0 fully saturated rings. The smallest absolute Gasteiger partial charge is 0.226 e. The van der Waals surface area contributed by atoms with Crippen molar-refractivity contribution in [1.82, 2.24) is 5.32 Å². The van der Waals surface area contributed by atoms with Crippen LogP contribution in [0.5, 0.6) is 5.75 Å². The predicted molar refractivity (Wildman–Crippen MR) is 95.3 cm³/mol. The van der Waals surface area contributed by atoms with Crippen LogP contribution in [0.1, 0.15) is 39.5 Å². The van der Waals surface area contributed by atoms with Gasteiger partial charge in [0.1, 0.15) is 12.4 Å². The molecule has 0 unspecified atom stereocenters. The molecule has 0 aliphatic carbocycles. The average molecular weight is 320 g/mol. The van der Waals surface area contributed by atoms with Crippen molar-refractivity contribution in [2.45, 2.75) is 39.5 Å². The van der Waals surface area contributed by atoms with Gasteiger partial charge in [-0.1, -0.05) is 38.5 Å². The Morgan fingerprint density at radius 3 is 2.73 bits per heavy atom. The Bertz CT molecular complexity index is 529. The summed E-state index contributed by atoms with van der Waals surface area (Å²) in [6.45, 7) is 8.25. The van der Waals surface area contributed by atoms with Crippen LogP contribution in [0.25, 0.3) is 0 Å². The van der Waals surface area contributed by atoms with Crippen LogP contribution >= 0.6 is 12.2 Å². The fourth-order valence-electron chi connectivity index (χ4n) is 1.77. The maximum Gasteiger partial charge on any atom is 0.226 e. The second-order valence-electron chi connectivity index (χ2n) is 5.20. The third-order valence-corrected chi connectivity index (χ3v) is 3.07. The van der Waals surface area contributed by atoms with E-state index in [4.69, 9.17) is 17.0 Å². The molecule has 1 rings (SSSR count). The van der Waals surface area contributed by atoms with Gasteiger partial charge in [-0.05, 0) is 43.3 Å². The topological polar surface area (TPSA) is 50.4 Å². The number of carbonyl (C=O) groups is 1. The number of hydrogen-bond donors (Lipinski definition) is 2. The van der Waals surface area contributed by atoms with Gasteiger partial charge < -0.3 is 15.4 Å². The van der Waals surface area contributed by atoms with Crippen LogP contribution in [-0.2, 0) is 4.79 Å². The molecular formula is C17H24N2O2S. The number of amides is 1. The molecule has 1 aromatic carbocycles. The molecule has 0 spiro atoms. The Morgan fingerprint density at radius 2 is 2.05 bits per heavy atom. The Kier molecular flexibility index (Phi) is 8.22. The molecule has 0 radical (unpaired) electrons. The van der Waals surface area contributed by atoms with E-state index in [0.717, 1.165) is 30.5 Å². The molecule has 22 heavy (non-hydrogen) atoms. The highest BCUT2D eigenvalue weighted by molar-refractivity contribution is 7.80. The van der Waals surface area contributed by atoms with Gasteiger partial charge in [-0.15, -0.1) is 0 Å². The molecule has 1 aromatic rings. The number of thiocarbonyl (C=S) groups is 1. The number of unbranched alkanes of at least 4 members (excludes halogenated alkanes) is 2. The van der Waals surface area contributed by atoms with E-state index in [1.54, 1.807) is 0 Å². The minimum absolute atomic E-state index is 0.0636. The van der Waals surface area contributed by atoms with Crippen molar-refractivity contribution in [3.8, 4) is 5.75 Å². The van der Waals surface area contributed by atoms with Crippen LogP contribution in [0, 0.1) is 0 Å². The molecule has 2 N–H and O–H groups in total. The van der Waals surface area contributed by atoms with Gasteiger partial charge >= 0.3 is 0 Å². The van der Waals surface area contributed by atoms with Crippen LogP contribution in [0.2, 0.25) is 0 Å². The first-order valence-electron chi connectivity index (χ1n) is 7.50. The molecule has 5 heteroatoms. The Balaban J connectivity index is 2.53. The first kappa shape index (κ1) is 18.2. The van der Waals surface area contributed by atoms with E-state index in [0.29, 0.717) is 18.8 Å². The highest BCUT2D eigenvalue weighted by Gasteiger charge is 2.08. The standard InChI is InChI=1S/C17H24N2O2S/c1-4-5-6-11-16(20)19-17(22)18-14-9-7-8-10-15(14)21-12-13(2)3/h7-10H,2,4-6,11-12H2,1,3H3,(H2,18,19,20,22). The molecule has 0 heterocycles. The van der Waals surface area contributed by atoms with Gasteiger partial charge in [-0.25, -0.2) is 0 Å². The van der Waals surface area contributed by atoms with E-state index in [-0.39, 0.29) is 11.0 Å². The number of benzene rings is 1. The predicted octanol–water partition coefficient (Wildman–Crippen LogP) is 4.03. The van der Waals surface area contributed by atoms with Gasteiger partial charge in [0.15, 0.2) is 5.11 Å². The minimum atomic E-state index is -0.0636. The fourth-order valence-corrected chi connectivity index (χ4v) is 2.00. The van der Waals surface area contributed by atoms with Crippen LogP contribution in [0.3, 0.4) is 0 Å². The lowest BCUT2D eigenvalue weighted by atomic mass is 10.2. The highest BCUT2D eigenvalue weighted by atomic mass is 32.1. The third-order valence-electron chi connectivity index (χ3n) is 2.87. The van der Waals surface area contributed by atoms with Gasteiger partial charge in [-0.3, -0.25) is 4.79 Å². The molecule has 0 bridgehead atoms. The van der Waals surface area contributed by atoms with Crippen molar-refractivity contribution >= 4 is 28.9 Å². The van der Waals surface area contributed by atoms with E-state index >= 15 is 0 Å². The average Bonchev–Trinajstić information content (AvgIpc) is 2.46. The Morgan fingerprint density at radius 1 is 1.32 bits per heavy atom. The third kappa shape index (κ3) is 7.22. The first-order valence-corrected chi connectivity index (χ1v) is 7.90. The quantitative estimate of drug-likeness (QED) is 0.431. The monoisotopic (exact) mass is 320 g/mol. The zero-order valence-corrected chi connectivity index (χ0v) is 14.1. The van der Waals surface area contributed by atoms with Crippen molar-refractivity contribution in [3.63, 3.8) is 0 Å². The number of hydrogen-bond acceptors (Lipinski definition) is 3. The molecule has 0 aliphatic heterocycles. The van der Waals surface area contributed by atoms with Crippen molar-refractivity contribution in [2.24, 2.45) is 0 Å². The molecule has 120 valence electrons. The number of rotatable bonds is 8. The Labute approximate surface area is 137 Å². The summed E-state index contributed by atoms with van der Waals surface area (Å²) in [6, 6.07) is 7.45. The fraction of sp³-hybridized carbons (Fsp3) is 0.412. The summed E-state index contributed by atoms with van der Waals surface area (Å²) < 4.78 is 5.65. The van der Waals surface area contributed by atoms with E-state index in [1.807, 2.05) is 31.2 Å². The second kappa shape index (κ2) is 9.95. The maximum atomic E-state index is 11.7. The molecule has 0 saturated carbocycles. The highest BCUT2D eigenvalue weighted by Crippen LogP contribution is 2.24. The van der Waals surface area contributed by atoms with E-state index in [1.165, 1.54) is 0 Å². The lowest BCUT2D eigenvalue weighted by Gasteiger charge is -2.14. The van der Waals surface area contributed by atoms with Gasteiger partial charge in [0.2, 0.25) is 5.91 Å². The first-order chi connectivity index (χ1) is 10.5. The van der Waals surface area contributed by atoms with Crippen LogP contribution in [0.15, 0.2) is 36.4 Å². The molecular weight excluding hydrogens is 296 g/mol. The zero-order chi connectivity index (χ0) is 16.4. The molecule has 4 nitrogen and oxygen atoms in total. The van der Waals surface area contributed by atoms with Crippen molar-refractivity contribution in [1.29, 1.82) is 0 Å². The lowest BCUT2D eigenvalue weighted by molar-refractivity contribution is -0.119. The zero-order valence-electron chi connectivity index (χ0n) is 13.3. The summed E-state index contributed by atoms with van der Waals surface area (Å²) in [5.74, 6) is 0.611. The van der Waals surface area contributed by atoms with Crippen molar-refractivity contribution < 1.29 is 9.53 Å². The molecule has 0 aromatic heterocycles. The van der Waals surface area contributed by atoms with Crippen LogP contribution in [-0.4, -0.2) is 17.6 Å². The number of nitrogens with one attached hydrogen (secondary N) is 2. The van der Waals surface area contributed by atoms with Crippen LogP contribution < -0.4 is 15.4 Å². The largest absolute Gasteiger partial charge is 0.487 e. The van der Waals surface area contributed by atoms with Gasteiger partial charge in [0.25, 0.3) is 0 Å². The molecule has 0 aliphatic rings. The number of anilines is 1. The summed E-state index contributed by atoms with van der Waals surface area (Å²) >= 11 is 5.17. The summed E-state index contributed by atoms with van der Waals surface area (Å²) in [7, 11) is 0. The molecule has 1 amide bonds. The SMILES string of the molecule is C=C(C)COc1ccccc1NC(=S)NC(=O)CCCCC. The summed E-state index contributed by atoms with van der Waals surface area (Å²) in [4.78, 5) is 11.7. The lowest BCUT2D eigenvalue weighted by Crippen LogP contribution is -2.34. The molecule has 0 saturated heterocycles. The van der Waals surface area contributed by atoms with Gasteiger partial charge in [0, 0.05) is 6.42 Å².